The van der Waals surface area contributed by atoms with Gasteiger partial charge in [-0.05, 0) is 29.3 Å². The van der Waals surface area contributed by atoms with E-state index in [0.29, 0.717) is 10.5 Å². The lowest BCUT2D eigenvalue weighted by Crippen LogP contribution is -2.19. The van der Waals surface area contributed by atoms with E-state index < -0.39 is 0 Å². The Hall–Kier alpha value is -0.840. The molecule has 0 aliphatic heterocycles. The molecular formula is C10H16BrN3O. The van der Waals surface area contributed by atoms with Crippen molar-refractivity contribution < 1.29 is 0 Å². The third-order valence-electron chi connectivity index (χ3n) is 2.19. The highest BCUT2D eigenvalue weighted by Crippen LogP contribution is 2.17. The average molecular weight is 274 g/mol. The fourth-order valence-electron chi connectivity index (χ4n) is 1.33. The second-order valence-corrected chi connectivity index (χ2v) is 4.41. The van der Waals surface area contributed by atoms with E-state index in [0.717, 1.165) is 12.1 Å². The van der Waals surface area contributed by atoms with Gasteiger partial charge < -0.3 is 5.32 Å². The number of unbranched alkanes of at least 4 members (excludes halogenated alkanes) is 1. The summed E-state index contributed by atoms with van der Waals surface area (Å²) < 4.78 is 0.515. The first kappa shape index (κ1) is 12.2. The lowest BCUT2D eigenvalue weighted by molar-refractivity contribution is 0.644. The molecule has 0 saturated carbocycles. The smallest absolute Gasteiger partial charge is 0.280 e. The molecule has 0 aliphatic carbocycles. The molecule has 1 unspecified atom stereocenters. The summed E-state index contributed by atoms with van der Waals surface area (Å²) in [7, 11) is 0. The highest BCUT2D eigenvalue weighted by atomic mass is 79.9. The second kappa shape index (κ2) is 5.90. The predicted molar refractivity (Wildman–Crippen MR) is 65.2 cm³/mol. The third kappa shape index (κ3) is 3.66. The Bertz CT molecular complexity index is 364. The molecule has 0 saturated heterocycles. The minimum atomic E-state index is -0.206. The number of nitrogens with zero attached hydrogens (tertiary/aromatic N) is 1. The van der Waals surface area contributed by atoms with Gasteiger partial charge in [0, 0.05) is 6.04 Å². The standard InChI is InChI=1S/C10H16BrN3O/c1-3-4-5-7(2)13-8-6-12-14-10(15)9(8)11/h6-7H,3-5H2,1-2H3,(H2,13,14,15). The van der Waals surface area contributed by atoms with E-state index >= 15 is 0 Å². The van der Waals surface area contributed by atoms with Crippen LogP contribution in [0.2, 0.25) is 0 Å². The summed E-state index contributed by atoms with van der Waals surface area (Å²) in [6.07, 6.45) is 5.08. The molecule has 0 bridgehead atoms. The SMILES string of the molecule is CCCCC(C)Nc1cn[nH]c(=O)c1Br. The molecule has 1 aromatic rings. The van der Waals surface area contributed by atoms with Crippen molar-refractivity contribution in [3.63, 3.8) is 0 Å². The third-order valence-corrected chi connectivity index (χ3v) is 2.98. The van der Waals surface area contributed by atoms with E-state index in [1.54, 1.807) is 6.20 Å². The van der Waals surface area contributed by atoms with Crippen molar-refractivity contribution in [2.75, 3.05) is 5.32 Å². The van der Waals surface area contributed by atoms with Gasteiger partial charge in [-0.15, -0.1) is 0 Å². The summed E-state index contributed by atoms with van der Waals surface area (Å²) in [5, 5.41) is 9.37. The van der Waals surface area contributed by atoms with Crippen molar-refractivity contribution in [2.24, 2.45) is 0 Å². The van der Waals surface area contributed by atoms with Crippen molar-refractivity contribution in [2.45, 2.75) is 39.2 Å². The normalized spacial score (nSPS) is 12.5. The van der Waals surface area contributed by atoms with Crippen LogP contribution in [0.3, 0.4) is 0 Å². The number of hydrogen-bond acceptors (Lipinski definition) is 3. The number of rotatable bonds is 5. The zero-order valence-electron chi connectivity index (χ0n) is 9.01. The number of anilines is 1. The number of nitrogens with one attached hydrogen (secondary N) is 2. The Morgan fingerprint density at radius 2 is 2.40 bits per heavy atom. The topological polar surface area (TPSA) is 57.8 Å². The minimum absolute atomic E-state index is 0.206. The highest BCUT2D eigenvalue weighted by molar-refractivity contribution is 9.10. The summed E-state index contributed by atoms with van der Waals surface area (Å²) in [6, 6.07) is 0.352. The number of halogens is 1. The van der Waals surface area contributed by atoms with E-state index in [2.05, 4.69) is 45.3 Å². The summed E-state index contributed by atoms with van der Waals surface area (Å²) in [5.41, 5.74) is 0.546. The summed E-state index contributed by atoms with van der Waals surface area (Å²) >= 11 is 3.23. The first-order chi connectivity index (χ1) is 7.15. The molecule has 5 heteroatoms. The van der Waals surface area contributed by atoms with Crippen molar-refractivity contribution >= 4 is 21.6 Å². The van der Waals surface area contributed by atoms with E-state index in [4.69, 9.17) is 0 Å². The number of hydrogen-bond donors (Lipinski definition) is 2. The maximum absolute atomic E-state index is 11.2. The molecule has 1 heterocycles. The average Bonchev–Trinajstić information content (AvgIpc) is 2.22. The van der Waals surface area contributed by atoms with Gasteiger partial charge in [0.15, 0.2) is 0 Å². The van der Waals surface area contributed by atoms with Crippen LogP contribution in [0.1, 0.15) is 33.1 Å². The van der Waals surface area contributed by atoms with Crippen LogP contribution in [0.15, 0.2) is 15.5 Å². The van der Waals surface area contributed by atoms with E-state index in [9.17, 15) is 4.79 Å². The van der Waals surface area contributed by atoms with Gasteiger partial charge in [0.1, 0.15) is 4.47 Å². The summed E-state index contributed by atoms with van der Waals surface area (Å²) in [6.45, 7) is 4.26. The monoisotopic (exact) mass is 273 g/mol. The Balaban J connectivity index is 2.64. The molecule has 1 aromatic heterocycles. The van der Waals surface area contributed by atoms with E-state index in [1.807, 2.05) is 0 Å². The van der Waals surface area contributed by atoms with Crippen molar-refractivity contribution in [3.05, 3.63) is 21.0 Å². The van der Waals surface area contributed by atoms with Crippen LogP contribution in [-0.4, -0.2) is 16.2 Å². The Labute approximate surface area is 97.6 Å². The Morgan fingerprint density at radius 3 is 3.07 bits per heavy atom. The first-order valence-electron chi connectivity index (χ1n) is 5.14. The van der Waals surface area contributed by atoms with Crippen LogP contribution in [0.25, 0.3) is 0 Å². The van der Waals surface area contributed by atoms with Gasteiger partial charge >= 0.3 is 0 Å². The van der Waals surface area contributed by atoms with Gasteiger partial charge in [0.05, 0.1) is 11.9 Å². The quantitative estimate of drug-likeness (QED) is 0.867. The van der Waals surface area contributed by atoms with Gasteiger partial charge in [-0.25, -0.2) is 5.10 Å². The molecule has 15 heavy (non-hydrogen) atoms. The van der Waals surface area contributed by atoms with Crippen LogP contribution in [0.4, 0.5) is 5.69 Å². The molecule has 84 valence electrons. The summed E-state index contributed by atoms with van der Waals surface area (Å²) in [4.78, 5) is 11.2. The van der Waals surface area contributed by atoms with E-state index in [-0.39, 0.29) is 5.56 Å². The number of H-pyrrole nitrogens is 1. The van der Waals surface area contributed by atoms with Crippen molar-refractivity contribution in [1.29, 1.82) is 0 Å². The van der Waals surface area contributed by atoms with Gasteiger partial charge in [-0.1, -0.05) is 19.8 Å². The predicted octanol–water partition coefficient (Wildman–Crippen LogP) is 2.52. The number of aromatic amines is 1. The summed E-state index contributed by atoms with van der Waals surface area (Å²) in [5.74, 6) is 0. The first-order valence-corrected chi connectivity index (χ1v) is 5.94. The van der Waals surface area contributed by atoms with Crippen molar-refractivity contribution in [3.8, 4) is 0 Å². The molecule has 0 amide bonds. The second-order valence-electron chi connectivity index (χ2n) is 3.61. The fourth-order valence-corrected chi connectivity index (χ4v) is 1.64. The molecule has 4 nitrogen and oxygen atoms in total. The lowest BCUT2D eigenvalue weighted by Gasteiger charge is -2.14. The maximum atomic E-state index is 11.2. The molecule has 2 N–H and O–H groups in total. The van der Waals surface area contributed by atoms with Crippen molar-refractivity contribution in [1.82, 2.24) is 10.2 Å². The largest absolute Gasteiger partial charge is 0.380 e. The zero-order valence-corrected chi connectivity index (χ0v) is 10.6. The van der Waals surface area contributed by atoms with Crippen LogP contribution in [0.5, 0.6) is 0 Å². The van der Waals surface area contributed by atoms with Gasteiger partial charge in [-0.2, -0.15) is 5.10 Å². The minimum Gasteiger partial charge on any atom is -0.380 e. The number of aromatic nitrogens is 2. The van der Waals surface area contributed by atoms with Crippen LogP contribution in [-0.2, 0) is 0 Å². The van der Waals surface area contributed by atoms with Gasteiger partial charge in [-0.3, -0.25) is 4.79 Å². The fraction of sp³-hybridized carbons (Fsp3) is 0.600. The molecule has 0 spiro atoms. The molecule has 0 fully saturated rings. The Morgan fingerprint density at radius 1 is 1.67 bits per heavy atom. The maximum Gasteiger partial charge on any atom is 0.280 e. The molecule has 1 atom stereocenters. The molecule has 1 rings (SSSR count). The van der Waals surface area contributed by atoms with Crippen LogP contribution >= 0.6 is 15.9 Å². The lowest BCUT2D eigenvalue weighted by atomic mass is 10.1. The molecule has 0 aromatic carbocycles. The highest BCUT2D eigenvalue weighted by Gasteiger charge is 2.07. The van der Waals surface area contributed by atoms with Gasteiger partial charge in [0.2, 0.25) is 0 Å². The Kier molecular flexibility index (Phi) is 4.81. The van der Waals surface area contributed by atoms with Gasteiger partial charge in [0.25, 0.3) is 5.56 Å². The molecular weight excluding hydrogens is 258 g/mol. The molecule has 0 aliphatic rings. The van der Waals surface area contributed by atoms with Crippen LogP contribution < -0.4 is 10.9 Å². The van der Waals surface area contributed by atoms with Crippen LogP contribution in [0, 0.1) is 0 Å². The molecule has 0 radical (unpaired) electrons. The van der Waals surface area contributed by atoms with E-state index in [1.165, 1.54) is 12.8 Å². The zero-order chi connectivity index (χ0) is 11.3.